The maximum atomic E-state index is 14.8. The lowest BCUT2D eigenvalue weighted by Crippen LogP contribution is -2.38. The first-order valence-electron chi connectivity index (χ1n) is 10.5. The lowest BCUT2D eigenvalue weighted by molar-refractivity contribution is -0.147. The van der Waals surface area contributed by atoms with E-state index in [1.807, 2.05) is 30.3 Å². The fourth-order valence-corrected chi connectivity index (χ4v) is 4.28. The summed E-state index contributed by atoms with van der Waals surface area (Å²) in [7, 11) is 0. The van der Waals surface area contributed by atoms with Crippen LogP contribution in [-0.2, 0) is 14.3 Å². The Hall–Kier alpha value is -3.28. The largest absolute Gasteiger partial charge is 0.490 e. The van der Waals surface area contributed by atoms with Gasteiger partial charge in [-0.05, 0) is 43.5 Å². The Morgan fingerprint density at radius 3 is 2.58 bits per heavy atom. The Morgan fingerprint density at radius 2 is 1.81 bits per heavy atom. The van der Waals surface area contributed by atoms with E-state index >= 15 is 0 Å². The van der Waals surface area contributed by atoms with Crippen molar-refractivity contribution in [1.29, 1.82) is 0 Å². The number of Topliss-reactive ketones (excluding diaryl/α,β-unsaturated/α-hetero) is 1. The number of ether oxygens (including phenoxy) is 2. The van der Waals surface area contributed by atoms with Crippen LogP contribution in [0.25, 0.3) is 0 Å². The molecule has 2 aromatic carbocycles. The summed E-state index contributed by atoms with van der Waals surface area (Å²) < 4.78 is 25.8. The molecule has 2 aromatic rings. The summed E-state index contributed by atoms with van der Waals surface area (Å²) in [5.41, 5.74) is 1.97. The lowest BCUT2D eigenvalue weighted by Gasteiger charge is -2.34. The maximum Gasteiger partial charge on any atom is 0.315 e. The van der Waals surface area contributed by atoms with Crippen molar-refractivity contribution in [2.24, 2.45) is 10.9 Å². The molecule has 0 fully saturated rings. The Labute approximate surface area is 180 Å². The number of allylic oxidation sites excluding steroid dienone is 2. The van der Waals surface area contributed by atoms with E-state index in [0.717, 1.165) is 0 Å². The van der Waals surface area contributed by atoms with E-state index in [0.29, 0.717) is 47.6 Å². The third-order valence-electron chi connectivity index (χ3n) is 5.67. The molecule has 0 aromatic heterocycles. The highest BCUT2D eigenvalue weighted by Gasteiger charge is 2.44. The van der Waals surface area contributed by atoms with Crippen molar-refractivity contribution in [1.82, 2.24) is 0 Å². The highest BCUT2D eigenvalue weighted by molar-refractivity contribution is 6.08. The van der Waals surface area contributed by atoms with Gasteiger partial charge in [-0.1, -0.05) is 36.4 Å². The fraction of sp³-hybridized carbons (Fsp3) is 0.320. The van der Waals surface area contributed by atoms with E-state index in [9.17, 15) is 14.0 Å². The van der Waals surface area contributed by atoms with Crippen molar-refractivity contribution in [3.8, 4) is 5.75 Å². The molecule has 5 nitrogen and oxygen atoms in total. The van der Waals surface area contributed by atoms with E-state index in [4.69, 9.17) is 9.47 Å². The smallest absolute Gasteiger partial charge is 0.315 e. The molecule has 0 radical (unpaired) electrons. The maximum absolute atomic E-state index is 14.8. The van der Waals surface area contributed by atoms with Gasteiger partial charge in [0.15, 0.2) is 5.78 Å². The van der Waals surface area contributed by atoms with Gasteiger partial charge in [0.1, 0.15) is 30.7 Å². The number of benzene rings is 2. The van der Waals surface area contributed by atoms with E-state index in [2.05, 4.69) is 4.99 Å². The summed E-state index contributed by atoms with van der Waals surface area (Å²) >= 11 is 0. The SMILES string of the molecule is CC1=NC2=C(C(=O)CCC2)[C@@H](c2ccccc2F)C1C(=O)OCCOc1ccccc1. The fourth-order valence-electron chi connectivity index (χ4n) is 4.28. The van der Waals surface area contributed by atoms with E-state index in [1.165, 1.54) is 6.07 Å². The van der Waals surface area contributed by atoms with Gasteiger partial charge in [0.2, 0.25) is 0 Å². The minimum atomic E-state index is -0.852. The van der Waals surface area contributed by atoms with Crippen molar-refractivity contribution in [2.75, 3.05) is 13.2 Å². The number of carbonyl (C=O) groups is 2. The normalized spacial score (nSPS) is 20.7. The molecule has 0 saturated heterocycles. The Bertz CT molecular complexity index is 1040. The molecule has 1 heterocycles. The number of rotatable bonds is 6. The molecule has 0 N–H and O–H groups in total. The van der Waals surface area contributed by atoms with E-state index in [-0.39, 0.29) is 19.0 Å². The van der Waals surface area contributed by atoms with Gasteiger partial charge in [-0.15, -0.1) is 0 Å². The second-order valence-corrected chi connectivity index (χ2v) is 7.70. The van der Waals surface area contributed by atoms with Gasteiger partial charge >= 0.3 is 5.97 Å². The van der Waals surface area contributed by atoms with E-state index < -0.39 is 23.6 Å². The third kappa shape index (κ3) is 4.43. The molecular weight excluding hydrogens is 397 g/mol. The minimum Gasteiger partial charge on any atom is -0.490 e. The van der Waals surface area contributed by atoms with Gasteiger partial charge in [-0.25, -0.2) is 4.39 Å². The second-order valence-electron chi connectivity index (χ2n) is 7.70. The van der Waals surface area contributed by atoms with Gasteiger partial charge in [-0.2, -0.15) is 0 Å². The average Bonchev–Trinajstić information content (AvgIpc) is 2.77. The van der Waals surface area contributed by atoms with Crippen LogP contribution < -0.4 is 4.74 Å². The van der Waals surface area contributed by atoms with Gasteiger partial charge < -0.3 is 9.47 Å². The molecule has 1 aliphatic heterocycles. The topological polar surface area (TPSA) is 65.0 Å². The summed E-state index contributed by atoms with van der Waals surface area (Å²) in [4.78, 5) is 30.4. The number of hydrogen-bond donors (Lipinski definition) is 0. The van der Waals surface area contributed by atoms with Crippen LogP contribution >= 0.6 is 0 Å². The summed E-state index contributed by atoms with van der Waals surface area (Å²) in [6.07, 6.45) is 1.74. The molecule has 0 bridgehead atoms. The predicted octanol–water partition coefficient (Wildman–Crippen LogP) is 4.63. The Balaban J connectivity index is 1.56. The van der Waals surface area contributed by atoms with Crippen LogP contribution in [-0.4, -0.2) is 30.7 Å². The number of nitrogens with zero attached hydrogens (tertiary/aromatic N) is 1. The number of halogens is 1. The number of carbonyl (C=O) groups excluding carboxylic acids is 2. The summed E-state index contributed by atoms with van der Waals surface area (Å²) in [6.45, 7) is 1.97. The average molecular weight is 421 g/mol. The zero-order chi connectivity index (χ0) is 21.8. The van der Waals surface area contributed by atoms with Crippen LogP contribution in [0.3, 0.4) is 0 Å². The van der Waals surface area contributed by atoms with Gasteiger partial charge in [-0.3, -0.25) is 14.6 Å². The molecule has 6 heteroatoms. The van der Waals surface area contributed by atoms with Crippen LogP contribution in [0.4, 0.5) is 4.39 Å². The number of para-hydroxylation sites is 1. The van der Waals surface area contributed by atoms with Crippen LogP contribution in [0.1, 0.15) is 37.7 Å². The van der Waals surface area contributed by atoms with Crippen LogP contribution in [0.5, 0.6) is 5.75 Å². The number of esters is 1. The molecule has 2 aliphatic rings. The Morgan fingerprint density at radius 1 is 1.06 bits per heavy atom. The van der Waals surface area contributed by atoms with Gasteiger partial charge in [0, 0.05) is 29.3 Å². The van der Waals surface area contributed by atoms with E-state index in [1.54, 1.807) is 25.1 Å². The molecule has 1 aliphatic carbocycles. The third-order valence-corrected chi connectivity index (χ3v) is 5.67. The molecule has 160 valence electrons. The second kappa shape index (κ2) is 9.25. The molecule has 0 spiro atoms. The summed E-state index contributed by atoms with van der Waals surface area (Å²) in [5, 5.41) is 0. The zero-order valence-electron chi connectivity index (χ0n) is 17.3. The quantitative estimate of drug-likeness (QED) is 0.504. The first-order chi connectivity index (χ1) is 15.1. The minimum absolute atomic E-state index is 0.0430. The monoisotopic (exact) mass is 421 g/mol. The van der Waals surface area contributed by atoms with Crippen molar-refractivity contribution < 1.29 is 23.5 Å². The van der Waals surface area contributed by atoms with Crippen molar-refractivity contribution in [2.45, 2.75) is 32.1 Å². The van der Waals surface area contributed by atoms with Crippen molar-refractivity contribution in [3.63, 3.8) is 0 Å². The summed E-state index contributed by atoms with van der Waals surface area (Å²) in [5.74, 6) is -1.95. The van der Waals surface area contributed by atoms with Gasteiger partial charge in [0.25, 0.3) is 0 Å². The van der Waals surface area contributed by atoms with Crippen LogP contribution in [0.15, 0.2) is 70.9 Å². The number of ketones is 1. The molecule has 4 rings (SSSR count). The highest BCUT2D eigenvalue weighted by Crippen LogP contribution is 2.44. The lowest BCUT2D eigenvalue weighted by atomic mass is 9.71. The molecule has 31 heavy (non-hydrogen) atoms. The molecule has 0 saturated carbocycles. The Kier molecular flexibility index (Phi) is 6.26. The van der Waals surface area contributed by atoms with Gasteiger partial charge in [0.05, 0.1) is 0 Å². The highest BCUT2D eigenvalue weighted by atomic mass is 19.1. The molecular formula is C25H24FNO4. The first kappa shape index (κ1) is 21.0. The standard InChI is InChI=1S/C25H24FNO4/c1-16-22(25(29)31-15-14-30-17-8-3-2-4-9-17)23(18-10-5-6-11-19(18)26)24-20(27-16)12-7-13-21(24)28/h2-6,8-11,22-23H,7,12-15H2,1H3/t22?,23-/m0/s1. The summed E-state index contributed by atoms with van der Waals surface area (Å²) in [6, 6.07) is 15.5. The van der Waals surface area contributed by atoms with Crippen LogP contribution in [0.2, 0.25) is 0 Å². The molecule has 1 unspecified atom stereocenters. The van der Waals surface area contributed by atoms with Crippen molar-refractivity contribution >= 4 is 17.5 Å². The zero-order valence-corrected chi connectivity index (χ0v) is 17.3. The molecule has 2 atom stereocenters. The molecule has 0 amide bonds. The number of aliphatic imine (C=N–C) groups is 1. The first-order valence-corrected chi connectivity index (χ1v) is 10.5. The van der Waals surface area contributed by atoms with Crippen LogP contribution in [0, 0.1) is 11.7 Å². The predicted molar refractivity (Wildman–Crippen MR) is 115 cm³/mol. The number of hydrogen-bond acceptors (Lipinski definition) is 5. The van der Waals surface area contributed by atoms with Crippen molar-refractivity contribution in [3.05, 3.63) is 77.2 Å².